The van der Waals surface area contributed by atoms with Gasteiger partial charge in [0.25, 0.3) is 0 Å². The minimum Gasteiger partial charge on any atom is -0.234 e. The number of hydrogen-bond acceptors (Lipinski definition) is 3. The van der Waals surface area contributed by atoms with Crippen molar-refractivity contribution in [1.29, 1.82) is 0 Å². The van der Waals surface area contributed by atoms with Crippen molar-refractivity contribution in [1.82, 2.24) is 0 Å². The largest absolute Gasteiger partial charge is 0.238 e. The molecule has 0 amide bonds. The Kier molecular flexibility index (Phi) is 5.37. The van der Waals surface area contributed by atoms with Crippen molar-refractivity contribution in [3.63, 3.8) is 0 Å². The van der Waals surface area contributed by atoms with Crippen LogP contribution in [0, 0.1) is 5.41 Å². The molecule has 0 aliphatic rings. The Morgan fingerprint density at radius 1 is 1.05 bits per heavy atom. The van der Waals surface area contributed by atoms with Crippen LogP contribution in [0.5, 0.6) is 0 Å². The molecule has 0 saturated carbocycles. The van der Waals surface area contributed by atoms with Crippen molar-refractivity contribution in [2.24, 2.45) is 15.0 Å². The third-order valence-electron chi connectivity index (χ3n) is 2.86. The number of hydrogen-bond donors (Lipinski definition) is 1. The summed E-state index contributed by atoms with van der Waals surface area (Å²) in [6, 6.07) is 6.16. The monoisotopic (exact) mass is 344 g/mol. The number of rotatable bonds is 3. The summed E-state index contributed by atoms with van der Waals surface area (Å²) in [5, 5.41) is 5.10. The van der Waals surface area contributed by atoms with Crippen molar-refractivity contribution >= 4 is 26.7 Å². The predicted molar refractivity (Wildman–Crippen MR) is 91.7 cm³/mol. The van der Waals surface area contributed by atoms with E-state index in [4.69, 9.17) is 5.14 Å². The molecule has 0 heterocycles. The molecular weight excluding hydrogens is 320 g/mol. The Morgan fingerprint density at radius 2 is 1.50 bits per heavy atom. The number of nitrogens with two attached hydrogens (primary N) is 1. The van der Waals surface area contributed by atoms with E-state index in [1.54, 1.807) is 12.1 Å². The van der Waals surface area contributed by atoms with Crippen LogP contribution in [0.1, 0.15) is 47.1 Å². The quantitative estimate of drug-likeness (QED) is 0.855. The van der Waals surface area contributed by atoms with E-state index in [-0.39, 0.29) is 10.3 Å². The molecule has 5 nitrogen and oxygen atoms in total. The zero-order chi connectivity index (χ0) is 17.3. The van der Waals surface area contributed by atoms with Crippen LogP contribution in [0.2, 0.25) is 0 Å². The molecule has 0 radical (unpaired) electrons. The zero-order valence-corrected chi connectivity index (χ0v) is 15.5. The Labute approximate surface area is 135 Å². The molecule has 0 aliphatic carbocycles. The molecule has 0 fully saturated rings. The maximum absolute atomic E-state index is 12.3. The van der Waals surface area contributed by atoms with Crippen LogP contribution in [0.25, 0.3) is 0 Å². The number of sulfonamides is 1. The van der Waals surface area contributed by atoms with Gasteiger partial charge in [-0.25, -0.2) is 17.8 Å². The summed E-state index contributed by atoms with van der Waals surface area (Å²) in [7, 11) is -5.12. The van der Waals surface area contributed by atoms with Crippen molar-refractivity contribution in [3.8, 4) is 0 Å². The molecule has 1 unspecified atom stereocenters. The lowest BCUT2D eigenvalue weighted by Gasteiger charge is -2.23. The van der Waals surface area contributed by atoms with Crippen molar-refractivity contribution in [2.75, 3.05) is 0 Å². The summed E-state index contributed by atoms with van der Waals surface area (Å²) in [6.45, 7) is 11.5. The van der Waals surface area contributed by atoms with Crippen LogP contribution in [0.3, 0.4) is 0 Å². The first-order valence-electron chi connectivity index (χ1n) is 6.87. The molecule has 0 spiro atoms. The first-order chi connectivity index (χ1) is 9.73. The molecule has 0 saturated heterocycles. The van der Waals surface area contributed by atoms with Crippen molar-refractivity contribution in [2.45, 2.75) is 51.2 Å². The van der Waals surface area contributed by atoms with Crippen LogP contribution in [-0.4, -0.2) is 23.1 Å². The van der Waals surface area contributed by atoms with Crippen LogP contribution in [-0.2, 0) is 21.0 Å². The van der Waals surface area contributed by atoms with E-state index < -0.39 is 25.8 Å². The lowest BCUT2D eigenvalue weighted by atomic mass is 9.86. The fourth-order valence-corrected chi connectivity index (χ4v) is 2.98. The van der Waals surface area contributed by atoms with Gasteiger partial charge in [-0.05, 0) is 38.5 Å². The van der Waals surface area contributed by atoms with Crippen LogP contribution >= 0.6 is 0 Å². The van der Waals surface area contributed by atoms with E-state index >= 15 is 0 Å². The smallest absolute Gasteiger partial charge is 0.234 e. The van der Waals surface area contributed by atoms with Gasteiger partial charge in [-0.2, -0.15) is 4.40 Å². The van der Waals surface area contributed by atoms with Gasteiger partial charge in [0.15, 0.2) is 0 Å². The predicted octanol–water partition coefficient (Wildman–Crippen LogP) is 2.63. The molecule has 22 heavy (non-hydrogen) atoms. The Bertz CT molecular complexity index is 692. The van der Waals surface area contributed by atoms with Crippen molar-refractivity contribution in [3.05, 3.63) is 29.8 Å². The van der Waals surface area contributed by atoms with Crippen LogP contribution < -0.4 is 5.14 Å². The molecule has 1 aromatic rings. The second-order valence-electron chi connectivity index (χ2n) is 7.12. The lowest BCUT2D eigenvalue weighted by Crippen LogP contribution is -2.26. The lowest BCUT2D eigenvalue weighted by molar-refractivity contribution is 0.591. The summed E-state index contributed by atoms with van der Waals surface area (Å²) in [5.74, 6) is 0. The molecule has 1 atom stereocenters. The highest BCUT2D eigenvalue weighted by molar-refractivity contribution is 7.89. The number of nitrogens with zero attached hydrogens (tertiary/aromatic N) is 1. The molecule has 0 aliphatic heterocycles. The number of primary sulfonamides is 1. The van der Waals surface area contributed by atoms with Gasteiger partial charge in [-0.1, -0.05) is 32.9 Å². The van der Waals surface area contributed by atoms with Gasteiger partial charge in [-0.3, -0.25) is 0 Å². The second-order valence-corrected chi connectivity index (χ2v) is 10.6. The zero-order valence-electron chi connectivity index (χ0n) is 13.9. The minimum absolute atomic E-state index is 0.0430. The minimum atomic E-state index is -3.73. The summed E-state index contributed by atoms with van der Waals surface area (Å²) < 4.78 is 38.9. The Hall–Kier alpha value is -1.05. The molecule has 1 rings (SSSR count). The van der Waals surface area contributed by atoms with Gasteiger partial charge in [-0.15, -0.1) is 0 Å². The van der Waals surface area contributed by atoms with Gasteiger partial charge in [0.05, 0.1) is 15.4 Å². The van der Waals surface area contributed by atoms with Gasteiger partial charge in [0.1, 0.15) is 11.0 Å². The van der Waals surface area contributed by atoms with E-state index in [0.717, 1.165) is 5.56 Å². The van der Waals surface area contributed by atoms with Crippen LogP contribution in [0.4, 0.5) is 0 Å². The summed E-state index contributed by atoms with van der Waals surface area (Å²) >= 11 is 0. The standard InChI is InChI=1S/C15H24N2O3S2/c1-14(2,3)13(17-21(18)15(4,5)6)11-7-9-12(10-8-11)22(16,19)20/h7-10H,1-6H3,(H2,16,19,20)/b17-13-. The van der Waals surface area contributed by atoms with Gasteiger partial charge >= 0.3 is 0 Å². The Balaban J connectivity index is 3.37. The molecule has 0 bridgehead atoms. The second kappa shape index (κ2) is 6.22. The Morgan fingerprint density at radius 3 is 1.82 bits per heavy atom. The maximum atomic E-state index is 12.3. The molecule has 2 N–H and O–H groups in total. The van der Waals surface area contributed by atoms with Crippen molar-refractivity contribution < 1.29 is 12.6 Å². The van der Waals surface area contributed by atoms with E-state index in [1.165, 1.54) is 12.1 Å². The topological polar surface area (TPSA) is 89.6 Å². The summed E-state index contributed by atoms with van der Waals surface area (Å²) in [6.07, 6.45) is 0. The van der Waals surface area contributed by atoms with Gasteiger partial charge < -0.3 is 0 Å². The van der Waals surface area contributed by atoms with Gasteiger partial charge in [0, 0.05) is 5.41 Å². The SMILES string of the molecule is CC(C)(C)/C(=N\S(=O)C(C)(C)C)c1ccc(S(N)(=O)=O)cc1. The van der Waals surface area contributed by atoms with E-state index in [0.29, 0.717) is 5.71 Å². The molecule has 0 aromatic heterocycles. The van der Waals surface area contributed by atoms with E-state index in [1.807, 2.05) is 41.5 Å². The highest BCUT2D eigenvalue weighted by Crippen LogP contribution is 2.25. The average molecular weight is 345 g/mol. The van der Waals surface area contributed by atoms with Crippen LogP contribution in [0.15, 0.2) is 33.6 Å². The van der Waals surface area contributed by atoms with E-state index in [9.17, 15) is 12.6 Å². The molecule has 1 aromatic carbocycles. The highest BCUT2D eigenvalue weighted by Gasteiger charge is 2.26. The highest BCUT2D eigenvalue weighted by atomic mass is 32.2. The summed E-state index contributed by atoms with van der Waals surface area (Å²) in [4.78, 5) is 0.0430. The van der Waals surface area contributed by atoms with Gasteiger partial charge in [0.2, 0.25) is 10.0 Å². The number of benzene rings is 1. The molecular formula is C15H24N2O3S2. The fourth-order valence-electron chi connectivity index (χ4n) is 1.64. The normalized spacial score (nSPS) is 15.7. The molecule has 7 heteroatoms. The third-order valence-corrected chi connectivity index (χ3v) is 5.19. The first kappa shape index (κ1) is 19.0. The molecule has 124 valence electrons. The maximum Gasteiger partial charge on any atom is 0.238 e. The first-order valence-corrected chi connectivity index (χ1v) is 9.52. The van der Waals surface area contributed by atoms with E-state index in [2.05, 4.69) is 4.40 Å². The fraction of sp³-hybridized carbons (Fsp3) is 0.533. The summed E-state index contributed by atoms with van der Waals surface area (Å²) in [5.41, 5.74) is 1.07. The third kappa shape index (κ3) is 5.00. The average Bonchev–Trinajstić information content (AvgIpc) is 2.32.